The number of likely N-dealkylation sites (tertiary alicyclic amines) is 1. The Morgan fingerprint density at radius 2 is 1.81 bits per heavy atom. The molecule has 0 spiro atoms. The van der Waals surface area contributed by atoms with E-state index >= 15 is 0 Å². The second-order valence-corrected chi connectivity index (χ2v) is 7.07. The van der Waals surface area contributed by atoms with Gasteiger partial charge in [0.15, 0.2) is 0 Å². The summed E-state index contributed by atoms with van der Waals surface area (Å²) in [6.45, 7) is 3.35. The number of nitrogens with zero attached hydrogens (tertiary/aromatic N) is 1. The van der Waals surface area contributed by atoms with Crippen molar-refractivity contribution in [2.45, 2.75) is 26.3 Å². The van der Waals surface area contributed by atoms with Crippen LogP contribution >= 0.6 is 0 Å². The van der Waals surface area contributed by atoms with E-state index in [1.54, 1.807) is 4.90 Å². The van der Waals surface area contributed by atoms with E-state index in [2.05, 4.69) is 5.32 Å². The first kappa shape index (κ1) is 18.1. The average molecular weight is 354 g/mol. The second-order valence-electron chi connectivity index (χ2n) is 7.07. The summed E-state index contributed by atoms with van der Waals surface area (Å²) in [5, 5.41) is 2.99. The van der Waals surface area contributed by atoms with Crippen LogP contribution in [-0.4, -0.2) is 29.8 Å². The van der Waals surface area contributed by atoms with Gasteiger partial charge in [0.05, 0.1) is 5.41 Å². The first-order valence-electron chi connectivity index (χ1n) is 8.85. The van der Waals surface area contributed by atoms with E-state index in [9.17, 15) is 14.0 Å². The molecule has 1 N–H and O–H groups in total. The maximum atomic E-state index is 13.1. The normalized spacial score (nSPS) is 19.8. The molecule has 26 heavy (non-hydrogen) atoms. The minimum atomic E-state index is -0.622. The summed E-state index contributed by atoms with van der Waals surface area (Å²) >= 11 is 0. The number of rotatable bonds is 4. The quantitative estimate of drug-likeness (QED) is 0.915. The zero-order chi connectivity index (χ0) is 18.6. The fourth-order valence-electron chi connectivity index (χ4n) is 3.36. The average Bonchev–Trinajstić information content (AvgIpc) is 2.67. The number of benzene rings is 2. The van der Waals surface area contributed by atoms with Crippen molar-refractivity contribution in [2.24, 2.45) is 5.41 Å². The number of carbonyl (C=O) groups excluding carboxylic acids is 2. The van der Waals surface area contributed by atoms with E-state index < -0.39 is 5.41 Å². The van der Waals surface area contributed by atoms with Crippen LogP contribution in [0.5, 0.6) is 0 Å². The summed E-state index contributed by atoms with van der Waals surface area (Å²) in [5.74, 6) is -0.574. The summed E-state index contributed by atoms with van der Waals surface area (Å²) in [6.07, 6.45) is 1.50. The third-order valence-corrected chi connectivity index (χ3v) is 4.92. The lowest BCUT2D eigenvalue weighted by atomic mass is 9.80. The Labute approximate surface area is 153 Å². The zero-order valence-electron chi connectivity index (χ0n) is 14.9. The Hall–Kier alpha value is -2.69. The molecular formula is C21H23FN2O2. The fraction of sp³-hybridized carbons (Fsp3) is 0.333. The Morgan fingerprint density at radius 1 is 1.12 bits per heavy atom. The van der Waals surface area contributed by atoms with E-state index in [0.29, 0.717) is 25.2 Å². The van der Waals surface area contributed by atoms with Crippen LogP contribution in [0.2, 0.25) is 0 Å². The summed E-state index contributed by atoms with van der Waals surface area (Å²) in [4.78, 5) is 27.1. The van der Waals surface area contributed by atoms with Gasteiger partial charge in [-0.25, -0.2) is 4.39 Å². The SMILES string of the molecule is C[C@@]1(C(=O)NCc2ccccc2)CCCN(C(=O)c2ccc(F)cc2)C1. The van der Waals surface area contributed by atoms with Gasteiger partial charge in [0, 0.05) is 25.2 Å². The van der Waals surface area contributed by atoms with Crippen LogP contribution in [0.3, 0.4) is 0 Å². The van der Waals surface area contributed by atoms with Crippen LogP contribution in [0.4, 0.5) is 4.39 Å². The zero-order valence-corrected chi connectivity index (χ0v) is 14.9. The monoisotopic (exact) mass is 354 g/mol. The van der Waals surface area contributed by atoms with Crippen LogP contribution < -0.4 is 5.32 Å². The maximum absolute atomic E-state index is 13.1. The number of hydrogen-bond donors (Lipinski definition) is 1. The standard InChI is InChI=1S/C21H23FN2O2/c1-21(20(26)23-14-16-6-3-2-4-7-16)12-5-13-24(15-21)19(25)17-8-10-18(22)11-9-17/h2-4,6-11H,5,12-15H2,1H3,(H,23,26)/t21-/m1/s1. The molecule has 1 fully saturated rings. The topological polar surface area (TPSA) is 49.4 Å². The van der Waals surface area contributed by atoms with E-state index in [1.807, 2.05) is 37.3 Å². The molecule has 2 amide bonds. The molecule has 1 atom stereocenters. The molecule has 1 aliphatic heterocycles. The molecule has 0 radical (unpaired) electrons. The molecule has 2 aromatic carbocycles. The van der Waals surface area contributed by atoms with Crippen LogP contribution in [0.15, 0.2) is 54.6 Å². The Balaban J connectivity index is 1.64. The first-order chi connectivity index (χ1) is 12.5. The smallest absolute Gasteiger partial charge is 0.253 e. The predicted octanol–water partition coefficient (Wildman–Crippen LogP) is 3.38. The fourth-order valence-corrected chi connectivity index (χ4v) is 3.36. The number of halogens is 1. The van der Waals surface area contributed by atoms with Gasteiger partial charge >= 0.3 is 0 Å². The minimum Gasteiger partial charge on any atom is -0.351 e. The minimum absolute atomic E-state index is 0.0436. The molecule has 0 aromatic heterocycles. The van der Waals surface area contributed by atoms with Crippen molar-refractivity contribution in [3.8, 4) is 0 Å². The van der Waals surface area contributed by atoms with Crippen LogP contribution in [0, 0.1) is 11.2 Å². The van der Waals surface area contributed by atoms with Crippen molar-refractivity contribution in [3.63, 3.8) is 0 Å². The summed E-state index contributed by atoms with van der Waals surface area (Å²) in [5.41, 5.74) is 0.864. The molecule has 0 aliphatic carbocycles. The van der Waals surface area contributed by atoms with Crippen LogP contribution in [0.25, 0.3) is 0 Å². The van der Waals surface area contributed by atoms with Gasteiger partial charge in [0.25, 0.3) is 5.91 Å². The maximum Gasteiger partial charge on any atom is 0.253 e. The van der Waals surface area contributed by atoms with Gasteiger partial charge in [-0.1, -0.05) is 30.3 Å². The largest absolute Gasteiger partial charge is 0.351 e. The molecule has 1 heterocycles. The van der Waals surface area contributed by atoms with E-state index in [1.165, 1.54) is 24.3 Å². The lowest BCUT2D eigenvalue weighted by Gasteiger charge is -2.39. The highest BCUT2D eigenvalue weighted by Crippen LogP contribution is 2.30. The first-order valence-corrected chi connectivity index (χ1v) is 8.85. The van der Waals surface area contributed by atoms with Gasteiger partial charge in [-0.3, -0.25) is 9.59 Å². The van der Waals surface area contributed by atoms with E-state index in [4.69, 9.17) is 0 Å². The van der Waals surface area contributed by atoms with Crippen molar-refractivity contribution in [1.29, 1.82) is 0 Å². The number of hydrogen-bond acceptors (Lipinski definition) is 2. The molecule has 5 heteroatoms. The summed E-state index contributed by atoms with van der Waals surface area (Å²) < 4.78 is 13.1. The van der Waals surface area contributed by atoms with E-state index in [0.717, 1.165) is 18.4 Å². The number of amides is 2. The van der Waals surface area contributed by atoms with Gasteiger partial charge in [0.1, 0.15) is 5.82 Å². The highest BCUT2D eigenvalue weighted by Gasteiger charge is 2.39. The van der Waals surface area contributed by atoms with Crippen molar-refractivity contribution in [2.75, 3.05) is 13.1 Å². The summed E-state index contributed by atoms with van der Waals surface area (Å²) in [7, 11) is 0. The molecule has 136 valence electrons. The number of nitrogens with one attached hydrogen (secondary N) is 1. The molecule has 4 nitrogen and oxygen atoms in total. The molecule has 3 rings (SSSR count). The third kappa shape index (κ3) is 4.10. The Kier molecular flexibility index (Phi) is 5.35. The van der Waals surface area contributed by atoms with E-state index in [-0.39, 0.29) is 17.6 Å². The Bertz CT molecular complexity index is 776. The van der Waals surface area contributed by atoms with Crippen LogP contribution in [-0.2, 0) is 11.3 Å². The Morgan fingerprint density at radius 3 is 2.50 bits per heavy atom. The van der Waals surface area contributed by atoms with Crippen molar-refractivity contribution in [1.82, 2.24) is 10.2 Å². The molecule has 2 aromatic rings. The highest BCUT2D eigenvalue weighted by molar-refractivity contribution is 5.95. The van der Waals surface area contributed by atoms with Gasteiger partial charge in [-0.15, -0.1) is 0 Å². The number of piperidine rings is 1. The molecular weight excluding hydrogens is 331 g/mol. The molecule has 1 aliphatic rings. The predicted molar refractivity (Wildman–Crippen MR) is 97.9 cm³/mol. The lowest BCUT2D eigenvalue weighted by molar-refractivity contribution is -0.132. The third-order valence-electron chi connectivity index (χ3n) is 4.92. The number of carbonyl (C=O) groups is 2. The van der Waals surface area contributed by atoms with Gasteiger partial charge < -0.3 is 10.2 Å². The molecule has 1 saturated heterocycles. The van der Waals surface area contributed by atoms with Crippen molar-refractivity contribution >= 4 is 11.8 Å². The van der Waals surface area contributed by atoms with Crippen molar-refractivity contribution in [3.05, 3.63) is 71.5 Å². The highest BCUT2D eigenvalue weighted by atomic mass is 19.1. The molecule has 0 bridgehead atoms. The lowest BCUT2D eigenvalue weighted by Crippen LogP contribution is -2.51. The summed E-state index contributed by atoms with van der Waals surface area (Å²) in [6, 6.07) is 15.3. The molecule has 0 saturated carbocycles. The van der Waals surface area contributed by atoms with Gasteiger partial charge in [0.2, 0.25) is 5.91 Å². The van der Waals surface area contributed by atoms with Gasteiger partial charge in [-0.05, 0) is 49.6 Å². The second kappa shape index (κ2) is 7.68. The van der Waals surface area contributed by atoms with Gasteiger partial charge in [-0.2, -0.15) is 0 Å². The van der Waals surface area contributed by atoms with Crippen molar-refractivity contribution < 1.29 is 14.0 Å². The molecule has 0 unspecified atom stereocenters. The van der Waals surface area contributed by atoms with Crippen LogP contribution in [0.1, 0.15) is 35.7 Å².